The molecule has 0 aromatic rings. The van der Waals surface area contributed by atoms with Crippen molar-refractivity contribution in [1.29, 1.82) is 0 Å². The first-order valence-electron chi connectivity index (χ1n) is 4.71. The summed E-state index contributed by atoms with van der Waals surface area (Å²) in [5.41, 5.74) is 0. The van der Waals surface area contributed by atoms with E-state index in [1.165, 1.54) is 18.1 Å². The molecule has 0 aliphatic heterocycles. The first-order chi connectivity index (χ1) is 5.85. The van der Waals surface area contributed by atoms with Crippen molar-refractivity contribution < 1.29 is 0 Å². The lowest BCUT2D eigenvalue weighted by molar-refractivity contribution is 0.308. The molecule has 0 saturated heterocycles. The molecule has 0 amide bonds. The first-order valence-corrected chi connectivity index (χ1v) is 6.40. The number of thioether (sulfide) groups is 1. The fourth-order valence-electron chi connectivity index (χ4n) is 1.05. The van der Waals surface area contributed by atoms with Crippen LogP contribution in [-0.4, -0.2) is 41.9 Å². The second-order valence-corrected chi connectivity index (χ2v) is 4.45. The number of hydrogen-bond acceptors (Lipinski definition) is 2. The van der Waals surface area contributed by atoms with Crippen LogP contribution in [0.25, 0.3) is 0 Å². The average Bonchev–Trinajstić information content (AvgIpc) is 2.11. The largest absolute Gasteiger partial charge is 0.303 e. The smallest absolute Gasteiger partial charge is 0.0235 e. The third-order valence-corrected chi connectivity index (χ3v) is 2.96. The molecule has 0 aliphatic carbocycles. The third-order valence-electron chi connectivity index (χ3n) is 1.81. The monoisotopic (exact) mass is 209 g/mol. The second-order valence-electron chi connectivity index (χ2n) is 2.67. The Morgan fingerprint density at radius 2 is 2.00 bits per heavy atom. The van der Waals surface area contributed by atoms with Gasteiger partial charge in [0.25, 0.3) is 0 Å². The van der Waals surface area contributed by atoms with Gasteiger partial charge < -0.3 is 4.90 Å². The minimum Gasteiger partial charge on any atom is -0.303 e. The summed E-state index contributed by atoms with van der Waals surface area (Å²) in [5.74, 6) is 3.27. The van der Waals surface area contributed by atoms with Crippen LogP contribution in [0.1, 0.15) is 20.3 Å². The predicted octanol–water partition coefficient (Wildman–Crippen LogP) is 2.69. The third kappa shape index (κ3) is 7.26. The van der Waals surface area contributed by atoms with Crippen LogP contribution in [-0.2, 0) is 0 Å². The second kappa shape index (κ2) is 9.69. The molecule has 0 rings (SSSR count). The van der Waals surface area contributed by atoms with Gasteiger partial charge in [0, 0.05) is 18.2 Å². The Morgan fingerprint density at radius 3 is 2.50 bits per heavy atom. The zero-order chi connectivity index (χ0) is 9.23. The number of hydrogen-bond donors (Lipinski definition) is 0. The van der Waals surface area contributed by atoms with Gasteiger partial charge in [-0.1, -0.05) is 13.8 Å². The molecule has 0 aromatic carbocycles. The summed E-state index contributed by atoms with van der Waals surface area (Å²) in [6.45, 7) is 7.95. The topological polar surface area (TPSA) is 3.24 Å². The summed E-state index contributed by atoms with van der Waals surface area (Å²) in [4.78, 5) is 2.46. The Bertz CT molecular complexity index is 90.6. The van der Waals surface area contributed by atoms with Crippen LogP contribution >= 0.6 is 23.4 Å². The minimum absolute atomic E-state index is 0.789. The number of alkyl halides is 1. The van der Waals surface area contributed by atoms with Crippen LogP contribution in [0.3, 0.4) is 0 Å². The van der Waals surface area contributed by atoms with Crippen molar-refractivity contribution in [3.8, 4) is 0 Å². The van der Waals surface area contributed by atoms with Crippen molar-refractivity contribution in [1.82, 2.24) is 4.90 Å². The van der Waals surface area contributed by atoms with Crippen LogP contribution in [0, 0.1) is 0 Å². The maximum Gasteiger partial charge on any atom is 0.0235 e. The maximum atomic E-state index is 5.63. The van der Waals surface area contributed by atoms with E-state index in [0.717, 1.165) is 25.4 Å². The van der Waals surface area contributed by atoms with Crippen molar-refractivity contribution in [2.24, 2.45) is 0 Å². The summed E-state index contributed by atoms with van der Waals surface area (Å²) in [5, 5.41) is 0. The van der Waals surface area contributed by atoms with E-state index in [4.69, 9.17) is 11.6 Å². The molecule has 74 valence electrons. The SMILES string of the molecule is CCSCCN(CC)CCCCl. The molecule has 0 atom stereocenters. The molecular weight excluding hydrogens is 190 g/mol. The Labute approximate surface area is 85.8 Å². The highest BCUT2D eigenvalue weighted by molar-refractivity contribution is 7.99. The van der Waals surface area contributed by atoms with Crippen molar-refractivity contribution in [3.63, 3.8) is 0 Å². The normalized spacial score (nSPS) is 11.0. The summed E-state index contributed by atoms with van der Waals surface area (Å²) >= 11 is 7.64. The van der Waals surface area contributed by atoms with Crippen LogP contribution in [0.4, 0.5) is 0 Å². The van der Waals surface area contributed by atoms with Crippen LogP contribution in [0.5, 0.6) is 0 Å². The van der Waals surface area contributed by atoms with Gasteiger partial charge in [0.2, 0.25) is 0 Å². The lowest BCUT2D eigenvalue weighted by atomic mass is 10.4. The molecule has 0 aliphatic rings. The highest BCUT2D eigenvalue weighted by Crippen LogP contribution is 2.00. The van der Waals surface area contributed by atoms with Crippen molar-refractivity contribution >= 4 is 23.4 Å². The van der Waals surface area contributed by atoms with E-state index in [1.807, 2.05) is 11.8 Å². The molecule has 1 nitrogen and oxygen atoms in total. The zero-order valence-corrected chi connectivity index (χ0v) is 9.76. The fourth-order valence-corrected chi connectivity index (χ4v) is 1.84. The van der Waals surface area contributed by atoms with Gasteiger partial charge in [0.15, 0.2) is 0 Å². The van der Waals surface area contributed by atoms with E-state index in [-0.39, 0.29) is 0 Å². The summed E-state index contributed by atoms with van der Waals surface area (Å²) in [6, 6.07) is 0. The molecule has 0 spiro atoms. The zero-order valence-electron chi connectivity index (χ0n) is 8.18. The van der Waals surface area contributed by atoms with E-state index in [1.54, 1.807) is 0 Å². The van der Waals surface area contributed by atoms with Gasteiger partial charge in [-0.25, -0.2) is 0 Å². The first kappa shape index (κ1) is 12.6. The van der Waals surface area contributed by atoms with E-state index >= 15 is 0 Å². The molecule has 0 heterocycles. The lowest BCUT2D eigenvalue weighted by Crippen LogP contribution is -2.27. The standard InChI is InChI=1S/C9H20ClNS/c1-3-11(7-5-6-10)8-9-12-4-2/h3-9H2,1-2H3. The van der Waals surface area contributed by atoms with Gasteiger partial charge in [-0.15, -0.1) is 11.6 Å². The molecule has 0 N–H and O–H groups in total. The van der Waals surface area contributed by atoms with Gasteiger partial charge in [-0.3, -0.25) is 0 Å². The Balaban J connectivity index is 3.26. The van der Waals surface area contributed by atoms with E-state index in [2.05, 4.69) is 18.7 Å². The van der Waals surface area contributed by atoms with Gasteiger partial charge in [0.05, 0.1) is 0 Å². The molecule has 0 bridgehead atoms. The number of halogens is 1. The molecule has 3 heteroatoms. The molecule has 12 heavy (non-hydrogen) atoms. The Hall–Kier alpha value is 0.600. The molecular formula is C9H20ClNS. The van der Waals surface area contributed by atoms with Gasteiger partial charge in [0.1, 0.15) is 0 Å². The molecule has 0 aromatic heterocycles. The Kier molecular flexibility index (Phi) is 10.2. The minimum atomic E-state index is 0.789. The van der Waals surface area contributed by atoms with Crippen LogP contribution in [0.2, 0.25) is 0 Å². The number of rotatable bonds is 8. The van der Waals surface area contributed by atoms with Crippen molar-refractivity contribution in [3.05, 3.63) is 0 Å². The predicted molar refractivity (Wildman–Crippen MR) is 60.5 cm³/mol. The summed E-state index contributed by atoms with van der Waals surface area (Å²) in [6.07, 6.45) is 1.12. The van der Waals surface area contributed by atoms with E-state index < -0.39 is 0 Å². The van der Waals surface area contributed by atoms with Crippen molar-refractivity contribution in [2.45, 2.75) is 20.3 Å². The van der Waals surface area contributed by atoms with Gasteiger partial charge >= 0.3 is 0 Å². The molecule has 0 saturated carbocycles. The average molecular weight is 210 g/mol. The molecule has 0 unspecified atom stereocenters. The van der Waals surface area contributed by atoms with Gasteiger partial charge in [-0.05, 0) is 25.3 Å². The highest BCUT2D eigenvalue weighted by atomic mass is 35.5. The van der Waals surface area contributed by atoms with Gasteiger partial charge in [-0.2, -0.15) is 11.8 Å². The Morgan fingerprint density at radius 1 is 1.25 bits per heavy atom. The number of nitrogens with zero attached hydrogens (tertiary/aromatic N) is 1. The van der Waals surface area contributed by atoms with Crippen molar-refractivity contribution in [2.75, 3.05) is 37.0 Å². The lowest BCUT2D eigenvalue weighted by Gasteiger charge is -2.19. The van der Waals surface area contributed by atoms with Crippen LogP contribution < -0.4 is 0 Å². The van der Waals surface area contributed by atoms with E-state index in [9.17, 15) is 0 Å². The van der Waals surface area contributed by atoms with Crippen LogP contribution in [0.15, 0.2) is 0 Å². The quantitative estimate of drug-likeness (QED) is 0.447. The maximum absolute atomic E-state index is 5.63. The van der Waals surface area contributed by atoms with E-state index in [0.29, 0.717) is 0 Å². The highest BCUT2D eigenvalue weighted by Gasteiger charge is 1.99. The summed E-state index contributed by atoms with van der Waals surface area (Å²) < 4.78 is 0. The summed E-state index contributed by atoms with van der Waals surface area (Å²) in [7, 11) is 0. The molecule has 0 fully saturated rings. The molecule has 0 radical (unpaired) electrons. The fraction of sp³-hybridized carbons (Fsp3) is 1.00.